The zero-order valence-corrected chi connectivity index (χ0v) is 15.8. The molecule has 0 rings (SSSR count). The monoisotopic (exact) mass is 345 g/mol. The van der Waals surface area contributed by atoms with E-state index in [1.54, 1.807) is 6.42 Å². The van der Waals surface area contributed by atoms with Crippen molar-refractivity contribution in [1.82, 2.24) is 20.9 Å². The van der Waals surface area contributed by atoms with Gasteiger partial charge in [0.25, 0.3) is 0 Å². The van der Waals surface area contributed by atoms with Crippen molar-refractivity contribution in [1.29, 1.82) is 0 Å². The fourth-order valence-corrected chi connectivity index (χ4v) is 2.55. The predicted octanol–water partition coefficient (Wildman–Crippen LogP) is 0.496. The van der Waals surface area contributed by atoms with Crippen molar-refractivity contribution < 1.29 is 9.59 Å². The summed E-state index contributed by atoms with van der Waals surface area (Å²) in [5.74, 6) is 0.863. The van der Waals surface area contributed by atoms with E-state index in [9.17, 15) is 9.59 Å². The second-order valence-electron chi connectivity index (χ2n) is 5.51. The predicted molar refractivity (Wildman–Crippen MR) is 98.6 cm³/mol. The highest BCUT2D eigenvalue weighted by Crippen LogP contribution is 2.01. The highest BCUT2D eigenvalue weighted by atomic mass is 32.2. The van der Waals surface area contributed by atoms with E-state index in [2.05, 4.69) is 34.7 Å². The van der Waals surface area contributed by atoms with Gasteiger partial charge in [-0.3, -0.25) is 9.59 Å². The lowest BCUT2D eigenvalue weighted by atomic mass is 10.3. The van der Waals surface area contributed by atoms with Gasteiger partial charge >= 0.3 is 0 Å². The third kappa shape index (κ3) is 14.5. The van der Waals surface area contributed by atoms with Gasteiger partial charge in [-0.2, -0.15) is 11.8 Å². The first-order chi connectivity index (χ1) is 11.0. The third-order valence-corrected chi connectivity index (χ3v) is 4.04. The molecular weight excluding hydrogens is 312 g/mol. The molecule has 2 amide bonds. The molecular formula is C16H33N4O2S. The largest absolute Gasteiger partial charge is 0.354 e. The summed E-state index contributed by atoms with van der Waals surface area (Å²) in [4.78, 5) is 25.3. The normalized spacial score (nSPS) is 11.0. The molecule has 0 aromatic heterocycles. The van der Waals surface area contributed by atoms with Gasteiger partial charge in [-0.15, -0.1) is 0 Å². The van der Waals surface area contributed by atoms with Gasteiger partial charge in [-0.25, -0.2) is 0 Å². The highest BCUT2D eigenvalue weighted by molar-refractivity contribution is 8.00. The third-order valence-electron chi connectivity index (χ3n) is 3.17. The molecule has 135 valence electrons. The van der Waals surface area contributed by atoms with Crippen LogP contribution in [0.5, 0.6) is 0 Å². The number of likely N-dealkylation sites (N-methyl/N-ethyl adjacent to an activating group) is 1. The number of carbonyl (C=O) groups is 2. The van der Waals surface area contributed by atoms with E-state index in [1.807, 2.05) is 13.8 Å². The fourth-order valence-electron chi connectivity index (χ4n) is 1.87. The van der Waals surface area contributed by atoms with Crippen molar-refractivity contribution in [2.75, 3.05) is 50.8 Å². The average Bonchev–Trinajstić information content (AvgIpc) is 2.50. The van der Waals surface area contributed by atoms with Crippen molar-refractivity contribution >= 4 is 23.6 Å². The van der Waals surface area contributed by atoms with E-state index in [-0.39, 0.29) is 17.9 Å². The maximum absolute atomic E-state index is 11.6. The molecule has 23 heavy (non-hydrogen) atoms. The van der Waals surface area contributed by atoms with Crippen LogP contribution < -0.4 is 16.0 Å². The minimum absolute atomic E-state index is 0.0122. The minimum atomic E-state index is -0.0784. The molecule has 7 heteroatoms. The molecule has 0 saturated heterocycles. The number of nitrogens with one attached hydrogen (secondary N) is 3. The number of hydrogen-bond acceptors (Lipinski definition) is 5. The summed E-state index contributed by atoms with van der Waals surface area (Å²) in [6.07, 6.45) is 1.58. The standard InChI is InChI=1S/C16H33N4O2S/c1-5-20(6-2)11-10-17-8-9-18-16(22)13-23-12-7-15(21)19-14(3)4/h7,14,17H,5-6,8-13H2,1-4H3,(H,18,22)(H,19,21). The van der Waals surface area contributed by atoms with Gasteiger partial charge < -0.3 is 20.9 Å². The lowest BCUT2D eigenvalue weighted by molar-refractivity contribution is -0.119. The van der Waals surface area contributed by atoms with Crippen LogP contribution in [0.2, 0.25) is 0 Å². The summed E-state index contributed by atoms with van der Waals surface area (Å²) in [7, 11) is 0. The zero-order chi connectivity index (χ0) is 17.5. The van der Waals surface area contributed by atoms with Crippen molar-refractivity contribution in [2.45, 2.75) is 33.7 Å². The quantitative estimate of drug-likeness (QED) is 0.400. The van der Waals surface area contributed by atoms with Crippen molar-refractivity contribution in [3.05, 3.63) is 6.42 Å². The Morgan fingerprint density at radius 1 is 1.13 bits per heavy atom. The van der Waals surface area contributed by atoms with Crippen LogP contribution in [0.1, 0.15) is 27.7 Å². The Hall–Kier alpha value is -0.790. The molecule has 0 unspecified atom stereocenters. The Labute approximate surface area is 145 Å². The number of nitrogens with zero attached hydrogens (tertiary/aromatic N) is 1. The van der Waals surface area contributed by atoms with Crippen LogP contribution in [0.25, 0.3) is 0 Å². The van der Waals surface area contributed by atoms with Gasteiger partial charge in [-0.05, 0) is 26.9 Å². The second kappa shape index (κ2) is 14.8. The molecule has 6 nitrogen and oxygen atoms in total. The summed E-state index contributed by atoms with van der Waals surface area (Å²) in [5, 5.41) is 8.97. The maximum atomic E-state index is 11.6. The molecule has 0 aromatic rings. The molecule has 0 atom stereocenters. The van der Waals surface area contributed by atoms with E-state index < -0.39 is 0 Å². The van der Waals surface area contributed by atoms with Crippen LogP contribution in [0.4, 0.5) is 0 Å². The van der Waals surface area contributed by atoms with Crippen LogP contribution in [-0.4, -0.2) is 73.5 Å². The first-order valence-electron chi connectivity index (χ1n) is 8.40. The zero-order valence-electron chi connectivity index (χ0n) is 15.0. The summed E-state index contributed by atoms with van der Waals surface area (Å²) < 4.78 is 0. The molecule has 1 radical (unpaired) electrons. The molecule has 0 fully saturated rings. The Morgan fingerprint density at radius 3 is 2.43 bits per heavy atom. The summed E-state index contributed by atoms with van der Waals surface area (Å²) in [6, 6.07) is 0.140. The van der Waals surface area contributed by atoms with Crippen molar-refractivity contribution in [2.24, 2.45) is 0 Å². The Morgan fingerprint density at radius 2 is 1.83 bits per heavy atom. The van der Waals surface area contributed by atoms with E-state index >= 15 is 0 Å². The Kier molecular flexibility index (Phi) is 14.3. The molecule has 0 spiro atoms. The van der Waals surface area contributed by atoms with Gasteiger partial charge in [-0.1, -0.05) is 13.8 Å². The molecule has 0 bridgehead atoms. The molecule has 0 aromatic carbocycles. The Bertz CT molecular complexity index is 323. The van der Waals surface area contributed by atoms with Crippen molar-refractivity contribution in [3.63, 3.8) is 0 Å². The van der Waals surface area contributed by atoms with Gasteiger partial charge in [0, 0.05) is 38.0 Å². The van der Waals surface area contributed by atoms with Gasteiger partial charge in [0.1, 0.15) is 0 Å². The number of rotatable bonds is 14. The topological polar surface area (TPSA) is 73.5 Å². The van der Waals surface area contributed by atoms with E-state index in [1.165, 1.54) is 11.8 Å². The summed E-state index contributed by atoms with van der Waals surface area (Å²) >= 11 is 1.44. The van der Waals surface area contributed by atoms with E-state index in [0.717, 1.165) is 32.7 Å². The van der Waals surface area contributed by atoms with Gasteiger partial charge in [0.05, 0.1) is 12.2 Å². The molecule has 0 saturated carbocycles. The maximum Gasteiger partial charge on any atom is 0.230 e. The van der Waals surface area contributed by atoms with Crippen LogP contribution in [0, 0.1) is 6.42 Å². The van der Waals surface area contributed by atoms with Crippen LogP contribution in [-0.2, 0) is 9.59 Å². The lowest BCUT2D eigenvalue weighted by Crippen LogP contribution is -2.37. The second-order valence-corrected chi connectivity index (χ2v) is 6.54. The Balaban J connectivity index is 3.42. The van der Waals surface area contributed by atoms with E-state index in [4.69, 9.17) is 0 Å². The van der Waals surface area contributed by atoms with Crippen LogP contribution in [0.15, 0.2) is 0 Å². The molecule has 0 aliphatic heterocycles. The fraction of sp³-hybridized carbons (Fsp3) is 0.812. The minimum Gasteiger partial charge on any atom is -0.354 e. The number of thioether (sulfide) groups is 1. The first-order valence-corrected chi connectivity index (χ1v) is 9.56. The van der Waals surface area contributed by atoms with Crippen molar-refractivity contribution in [3.8, 4) is 0 Å². The molecule has 0 aliphatic carbocycles. The molecule has 0 aliphatic rings. The van der Waals surface area contributed by atoms with Crippen LogP contribution in [0.3, 0.4) is 0 Å². The smallest absolute Gasteiger partial charge is 0.230 e. The van der Waals surface area contributed by atoms with Gasteiger partial charge in [0.15, 0.2) is 0 Å². The highest BCUT2D eigenvalue weighted by Gasteiger charge is 2.05. The number of amides is 2. The first kappa shape index (κ1) is 22.2. The molecule has 3 N–H and O–H groups in total. The summed E-state index contributed by atoms with van der Waals surface area (Å²) in [6.45, 7) is 13.7. The van der Waals surface area contributed by atoms with Crippen LogP contribution >= 0.6 is 11.8 Å². The summed E-state index contributed by atoms with van der Waals surface area (Å²) in [5.41, 5.74) is 0. The SMILES string of the molecule is CCN(CC)CCNCCNC(=O)CSC[CH]C(=O)NC(C)C. The van der Waals surface area contributed by atoms with Gasteiger partial charge in [0.2, 0.25) is 11.8 Å². The molecule has 0 heterocycles. The average molecular weight is 346 g/mol. The number of carbonyl (C=O) groups excluding carboxylic acids is 2. The number of hydrogen-bond donors (Lipinski definition) is 3. The van der Waals surface area contributed by atoms with E-state index in [0.29, 0.717) is 18.1 Å². The lowest BCUT2D eigenvalue weighted by Gasteiger charge is -2.18.